The third kappa shape index (κ3) is 3.73. The molecule has 0 saturated carbocycles. The number of carbonyl (C=O) groups is 1. The van der Waals surface area contributed by atoms with Crippen LogP contribution in [0.5, 0.6) is 0 Å². The Morgan fingerprint density at radius 3 is 2.67 bits per heavy atom. The topological polar surface area (TPSA) is 48.5 Å². The number of hydrogen-bond acceptors (Lipinski definition) is 4. The monoisotopic (exact) mass is 290 g/mol. The van der Waals surface area contributed by atoms with E-state index in [4.69, 9.17) is 0 Å². The fourth-order valence-corrected chi connectivity index (χ4v) is 2.77. The Bertz CT molecular complexity index is 473. The van der Waals surface area contributed by atoms with E-state index in [0.29, 0.717) is 6.04 Å². The molecule has 0 atom stereocenters. The molecule has 0 spiro atoms. The van der Waals surface area contributed by atoms with Crippen molar-refractivity contribution in [1.29, 1.82) is 0 Å². The molecule has 1 fully saturated rings. The van der Waals surface area contributed by atoms with Gasteiger partial charge < -0.3 is 15.1 Å². The summed E-state index contributed by atoms with van der Waals surface area (Å²) in [5.41, 5.74) is 1.68. The Kier molecular flexibility index (Phi) is 5.17. The molecule has 1 amide bonds. The first kappa shape index (κ1) is 15.8. The number of nitrogens with one attached hydrogen (secondary N) is 1. The van der Waals surface area contributed by atoms with Crippen LogP contribution >= 0.6 is 0 Å². The average molecular weight is 290 g/mol. The van der Waals surface area contributed by atoms with Gasteiger partial charge in [-0.3, -0.25) is 4.79 Å². The largest absolute Gasteiger partial charge is 0.373 e. The van der Waals surface area contributed by atoms with Gasteiger partial charge in [0.25, 0.3) is 5.91 Å². The van der Waals surface area contributed by atoms with Gasteiger partial charge in [-0.2, -0.15) is 0 Å². The van der Waals surface area contributed by atoms with Gasteiger partial charge in [0.2, 0.25) is 0 Å². The number of aromatic nitrogens is 1. The van der Waals surface area contributed by atoms with Crippen LogP contribution in [-0.4, -0.2) is 61.0 Å². The average Bonchev–Trinajstić information content (AvgIpc) is 2.53. The van der Waals surface area contributed by atoms with Crippen LogP contribution in [0.2, 0.25) is 0 Å². The van der Waals surface area contributed by atoms with Gasteiger partial charge in [0.15, 0.2) is 0 Å². The summed E-state index contributed by atoms with van der Waals surface area (Å²) in [4.78, 5) is 21.4. The summed E-state index contributed by atoms with van der Waals surface area (Å²) in [5.74, 6) is 0.854. The van der Waals surface area contributed by atoms with Crippen molar-refractivity contribution in [3.05, 3.63) is 23.4 Å². The minimum atomic E-state index is 0.0955. The first-order chi connectivity index (χ1) is 10.0. The molecule has 5 heteroatoms. The second-order valence-electron chi connectivity index (χ2n) is 5.79. The van der Waals surface area contributed by atoms with Crippen molar-refractivity contribution >= 4 is 11.7 Å². The van der Waals surface area contributed by atoms with Gasteiger partial charge >= 0.3 is 0 Å². The number of carbonyl (C=O) groups excluding carboxylic acids is 1. The highest BCUT2D eigenvalue weighted by Crippen LogP contribution is 2.18. The lowest BCUT2D eigenvalue weighted by Crippen LogP contribution is -2.44. The highest BCUT2D eigenvalue weighted by atomic mass is 16.2. The summed E-state index contributed by atoms with van der Waals surface area (Å²) in [7, 11) is 5.88. The number of likely N-dealkylation sites (tertiary alicyclic amines) is 1. The van der Waals surface area contributed by atoms with Gasteiger partial charge in [-0.25, -0.2) is 4.98 Å². The molecule has 2 rings (SSSR count). The van der Waals surface area contributed by atoms with E-state index in [9.17, 15) is 4.79 Å². The number of rotatable bonds is 4. The number of anilines is 1. The third-order valence-corrected chi connectivity index (χ3v) is 4.30. The van der Waals surface area contributed by atoms with Crippen molar-refractivity contribution < 1.29 is 4.79 Å². The van der Waals surface area contributed by atoms with Crippen molar-refractivity contribution in [3.8, 4) is 0 Å². The van der Waals surface area contributed by atoms with Gasteiger partial charge in [-0.15, -0.1) is 0 Å². The Hall–Kier alpha value is -1.62. The van der Waals surface area contributed by atoms with Gasteiger partial charge in [0.05, 0.1) is 0 Å². The second-order valence-corrected chi connectivity index (χ2v) is 5.79. The van der Waals surface area contributed by atoms with Crippen molar-refractivity contribution in [2.24, 2.45) is 0 Å². The quantitative estimate of drug-likeness (QED) is 0.919. The molecule has 1 aromatic rings. The number of piperidine rings is 1. The van der Waals surface area contributed by atoms with Crippen molar-refractivity contribution in [3.63, 3.8) is 0 Å². The van der Waals surface area contributed by atoms with E-state index in [1.165, 1.54) is 0 Å². The summed E-state index contributed by atoms with van der Waals surface area (Å²) in [6, 6.07) is 4.09. The molecule has 1 saturated heterocycles. The van der Waals surface area contributed by atoms with Crippen LogP contribution in [0.15, 0.2) is 12.1 Å². The third-order valence-electron chi connectivity index (χ3n) is 4.30. The Labute approximate surface area is 127 Å². The SMILES string of the molecule is CCc1cc(C(=O)N(C)C2CCN(C)CC2)cc(NC)n1. The number of aryl methyl sites for hydroxylation is 1. The molecule has 21 heavy (non-hydrogen) atoms. The highest BCUT2D eigenvalue weighted by molar-refractivity contribution is 5.95. The molecular formula is C16H26N4O. The molecular weight excluding hydrogens is 264 g/mol. The molecule has 0 aliphatic carbocycles. The normalized spacial score (nSPS) is 16.8. The molecule has 0 radical (unpaired) electrons. The zero-order chi connectivity index (χ0) is 15.4. The predicted octanol–water partition coefficient (Wildman–Crippen LogP) is 1.85. The van der Waals surface area contributed by atoms with Crippen LogP contribution in [0.4, 0.5) is 5.82 Å². The molecule has 1 aliphatic rings. The van der Waals surface area contributed by atoms with Crippen molar-refractivity contribution in [2.75, 3.05) is 39.5 Å². The zero-order valence-electron chi connectivity index (χ0n) is 13.5. The van der Waals surface area contributed by atoms with Gasteiger partial charge in [-0.05, 0) is 51.5 Å². The van der Waals surface area contributed by atoms with E-state index in [0.717, 1.165) is 49.4 Å². The lowest BCUT2D eigenvalue weighted by molar-refractivity contribution is 0.0659. The number of amides is 1. The first-order valence-corrected chi connectivity index (χ1v) is 7.69. The number of pyridine rings is 1. The van der Waals surface area contributed by atoms with E-state index in [2.05, 4.69) is 29.2 Å². The maximum Gasteiger partial charge on any atom is 0.254 e. The Balaban J connectivity index is 2.15. The number of nitrogens with zero attached hydrogens (tertiary/aromatic N) is 3. The van der Waals surface area contributed by atoms with E-state index < -0.39 is 0 Å². The zero-order valence-corrected chi connectivity index (χ0v) is 13.5. The summed E-state index contributed by atoms with van der Waals surface area (Å²) in [6.07, 6.45) is 2.92. The highest BCUT2D eigenvalue weighted by Gasteiger charge is 2.25. The molecule has 1 aromatic heterocycles. The van der Waals surface area contributed by atoms with E-state index >= 15 is 0 Å². The standard InChI is InChI=1S/C16H26N4O/c1-5-13-10-12(11-15(17-2)18-13)16(21)20(4)14-6-8-19(3)9-7-14/h10-11,14H,5-9H2,1-4H3,(H,17,18). The van der Waals surface area contributed by atoms with E-state index in [1.54, 1.807) is 0 Å². The van der Waals surface area contributed by atoms with Gasteiger partial charge in [-0.1, -0.05) is 6.92 Å². The summed E-state index contributed by atoms with van der Waals surface area (Å²) >= 11 is 0. The van der Waals surface area contributed by atoms with Crippen LogP contribution in [0.3, 0.4) is 0 Å². The van der Waals surface area contributed by atoms with Gasteiger partial charge in [0, 0.05) is 31.4 Å². The minimum Gasteiger partial charge on any atom is -0.373 e. The molecule has 0 unspecified atom stereocenters. The van der Waals surface area contributed by atoms with Crippen molar-refractivity contribution in [1.82, 2.24) is 14.8 Å². The molecule has 116 valence electrons. The Morgan fingerprint density at radius 1 is 1.43 bits per heavy atom. The molecule has 2 heterocycles. The molecule has 1 N–H and O–H groups in total. The van der Waals surface area contributed by atoms with Crippen LogP contribution < -0.4 is 5.32 Å². The van der Waals surface area contributed by atoms with Crippen LogP contribution in [0, 0.1) is 0 Å². The summed E-state index contributed by atoms with van der Waals surface area (Å²) in [6.45, 7) is 4.16. The smallest absolute Gasteiger partial charge is 0.254 e. The second kappa shape index (κ2) is 6.89. The van der Waals surface area contributed by atoms with Gasteiger partial charge in [0.1, 0.15) is 5.82 Å². The predicted molar refractivity (Wildman–Crippen MR) is 85.8 cm³/mol. The Morgan fingerprint density at radius 2 is 2.10 bits per heavy atom. The maximum absolute atomic E-state index is 12.7. The maximum atomic E-state index is 12.7. The van der Waals surface area contributed by atoms with Crippen LogP contribution in [0.25, 0.3) is 0 Å². The van der Waals surface area contributed by atoms with Crippen LogP contribution in [0.1, 0.15) is 35.8 Å². The summed E-state index contributed by atoms with van der Waals surface area (Å²) < 4.78 is 0. The van der Waals surface area contributed by atoms with Crippen molar-refractivity contribution in [2.45, 2.75) is 32.2 Å². The summed E-state index contributed by atoms with van der Waals surface area (Å²) in [5, 5.41) is 3.03. The molecule has 5 nitrogen and oxygen atoms in total. The van der Waals surface area contributed by atoms with Crippen LogP contribution in [-0.2, 0) is 6.42 Å². The molecule has 0 bridgehead atoms. The van der Waals surface area contributed by atoms with E-state index in [1.807, 2.05) is 31.1 Å². The lowest BCUT2D eigenvalue weighted by atomic mass is 10.0. The first-order valence-electron chi connectivity index (χ1n) is 7.69. The minimum absolute atomic E-state index is 0.0955. The molecule has 1 aliphatic heterocycles. The lowest BCUT2D eigenvalue weighted by Gasteiger charge is -2.35. The van der Waals surface area contributed by atoms with E-state index in [-0.39, 0.29) is 5.91 Å². The number of hydrogen-bond donors (Lipinski definition) is 1. The fourth-order valence-electron chi connectivity index (χ4n) is 2.77. The molecule has 0 aromatic carbocycles. The fraction of sp³-hybridized carbons (Fsp3) is 0.625.